The second-order valence-electron chi connectivity index (χ2n) is 7.26. The lowest BCUT2D eigenvalue weighted by Crippen LogP contribution is -2.17. The fourth-order valence-electron chi connectivity index (χ4n) is 3.72. The molecule has 1 aromatic carbocycles. The Balaban J connectivity index is 1.52. The predicted octanol–water partition coefficient (Wildman–Crippen LogP) is 3.56. The van der Waals surface area contributed by atoms with Gasteiger partial charge in [-0.2, -0.15) is 5.26 Å². The van der Waals surface area contributed by atoms with Gasteiger partial charge in [-0.15, -0.1) is 0 Å². The van der Waals surface area contributed by atoms with Crippen LogP contribution in [0.25, 0.3) is 6.08 Å². The zero-order chi connectivity index (χ0) is 20.4. The number of ether oxygens (including phenoxy) is 3. The highest BCUT2D eigenvalue weighted by molar-refractivity contribution is 6.09. The molecule has 4 rings (SSSR count). The summed E-state index contributed by atoms with van der Waals surface area (Å²) in [4.78, 5) is 12.6. The zero-order valence-corrected chi connectivity index (χ0v) is 16.5. The van der Waals surface area contributed by atoms with Crippen LogP contribution in [-0.4, -0.2) is 30.0 Å². The van der Waals surface area contributed by atoms with Crippen LogP contribution in [0.1, 0.15) is 29.8 Å². The molecule has 0 radical (unpaired) electrons. The average Bonchev–Trinajstić information content (AvgIpc) is 3.44. The smallest absolute Gasteiger partial charge is 0.266 e. The molecule has 29 heavy (non-hydrogen) atoms. The van der Waals surface area contributed by atoms with Crippen molar-refractivity contribution in [2.24, 2.45) is 0 Å². The highest BCUT2D eigenvalue weighted by Gasteiger charge is 2.20. The van der Waals surface area contributed by atoms with E-state index in [1.807, 2.05) is 26.0 Å². The van der Waals surface area contributed by atoms with Gasteiger partial charge in [-0.05, 0) is 56.5 Å². The van der Waals surface area contributed by atoms with E-state index in [1.165, 1.54) is 0 Å². The number of amides is 1. The third kappa shape index (κ3) is 3.98. The summed E-state index contributed by atoms with van der Waals surface area (Å²) < 4.78 is 18.5. The third-order valence-electron chi connectivity index (χ3n) is 5.32. The summed E-state index contributed by atoms with van der Waals surface area (Å²) in [5.74, 6) is 0.746. The summed E-state index contributed by atoms with van der Waals surface area (Å²) in [5, 5.41) is 12.3. The molecule has 1 saturated heterocycles. The van der Waals surface area contributed by atoms with Gasteiger partial charge in [0.25, 0.3) is 5.91 Å². The largest absolute Gasteiger partial charge is 0.454 e. The molecule has 2 aliphatic rings. The van der Waals surface area contributed by atoms with Gasteiger partial charge in [-0.25, -0.2) is 0 Å². The van der Waals surface area contributed by atoms with Crippen molar-refractivity contribution < 1.29 is 19.0 Å². The highest BCUT2D eigenvalue weighted by atomic mass is 16.7. The maximum Gasteiger partial charge on any atom is 0.266 e. The first-order valence-electron chi connectivity index (χ1n) is 9.66. The van der Waals surface area contributed by atoms with Crippen LogP contribution in [0.15, 0.2) is 29.8 Å². The van der Waals surface area contributed by atoms with Crippen LogP contribution in [0, 0.1) is 25.2 Å². The number of aryl methyl sites for hydroxylation is 1. The van der Waals surface area contributed by atoms with Crippen LogP contribution in [-0.2, 0) is 16.1 Å². The van der Waals surface area contributed by atoms with Gasteiger partial charge in [0.1, 0.15) is 11.6 Å². The molecule has 1 fully saturated rings. The Morgan fingerprint density at radius 1 is 1.31 bits per heavy atom. The van der Waals surface area contributed by atoms with E-state index in [-0.39, 0.29) is 18.5 Å². The van der Waals surface area contributed by atoms with Crippen LogP contribution in [0.5, 0.6) is 11.5 Å². The van der Waals surface area contributed by atoms with E-state index in [1.54, 1.807) is 24.3 Å². The molecular weight excluding hydrogens is 370 g/mol. The lowest BCUT2D eigenvalue weighted by Gasteiger charge is -2.14. The van der Waals surface area contributed by atoms with Crippen molar-refractivity contribution in [2.45, 2.75) is 39.3 Å². The summed E-state index contributed by atoms with van der Waals surface area (Å²) in [5.41, 5.74) is 3.54. The maximum atomic E-state index is 12.6. The standard InChI is InChI=1S/C22H23N3O4/c1-14-8-16(15(2)25(14)12-19-4-3-7-27-19)9-17(11-23)22(26)24-18-5-6-20-21(10-18)29-13-28-20/h5-6,8-10,19H,3-4,7,12-13H2,1-2H3,(H,24,26)/b17-9+/t19-/m0/s1. The second-order valence-corrected chi connectivity index (χ2v) is 7.26. The number of benzene rings is 1. The Labute approximate surface area is 169 Å². The van der Waals surface area contributed by atoms with Gasteiger partial charge in [0.05, 0.1) is 6.10 Å². The van der Waals surface area contributed by atoms with E-state index >= 15 is 0 Å². The first-order chi connectivity index (χ1) is 14.0. The minimum absolute atomic E-state index is 0.0417. The number of hydrogen-bond acceptors (Lipinski definition) is 5. The summed E-state index contributed by atoms with van der Waals surface area (Å²) >= 11 is 0. The molecule has 0 aliphatic carbocycles. The average molecular weight is 393 g/mol. The Bertz CT molecular complexity index is 1010. The van der Waals surface area contributed by atoms with E-state index in [4.69, 9.17) is 14.2 Å². The van der Waals surface area contributed by atoms with E-state index in [0.717, 1.165) is 42.9 Å². The molecule has 2 aliphatic heterocycles. The Kier molecular flexibility index (Phi) is 5.28. The summed E-state index contributed by atoms with van der Waals surface area (Å²) in [6, 6.07) is 9.13. The van der Waals surface area contributed by atoms with Crippen LogP contribution >= 0.6 is 0 Å². The van der Waals surface area contributed by atoms with Crippen molar-refractivity contribution in [3.05, 3.63) is 46.8 Å². The van der Waals surface area contributed by atoms with Crippen molar-refractivity contribution in [3.63, 3.8) is 0 Å². The third-order valence-corrected chi connectivity index (χ3v) is 5.32. The minimum atomic E-state index is -0.463. The van der Waals surface area contributed by atoms with Gasteiger partial charge in [0.15, 0.2) is 11.5 Å². The number of carbonyl (C=O) groups excluding carboxylic acids is 1. The second kappa shape index (κ2) is 8.02. The van der Waals surface area contributed by atoms with Gasteiger partial charge >= 0.3 is 0 Å². The van der Waals surface area contributed by atoms with E-state index in [0.29, 0.717) is 17.2 Å². The fourth-order valence-corrected chi connectivity index (χ4v) is 3.72. The first-order valence-corrected chi connectivity index (χ1v) is 9.66. The molecule has 1 N–H and O–H groups in total. The molecule has 7 heteroatoms. The van der Waals surface area contributed by atoms with E-state index < -0.39 is 5.91 Å². The molecule has 3 heterocycles. The van der Waals surface area contributed by atoms with Crippen LogP contribution in [0.3, 0.4) is 0 Å². The van der Waals surface area contributed by atoms with Crippen molar-refractivity contribution in [1.82, 2.24) is 4.57 Å². The lowest BCUT2D eigenvalue weighted by molar-refractivity contribution is -0.112. The number of carbonyl (C=O) groups is 1. The number of aromatic nitrogens is 1. The summed E-state index contributed by atoms with van der Waals surface area (Å²) in [6.45, 7) is 5.79. The topological polar surface area (TPSA) is 85.5 Å². The molecule has 7 nitrogen and oxygen atoms in total. The molecule has 0 unspecified atom stereocenters. The molecule has 0 spiro atoms. The molecule has 1 atom stereocenters. The Morgan fingerprint density at radius 2 is 2.14 bits per heavy atom. The normalized spacial score (nSPS) is 18.0. The quantitative estimate of drug-likeness (QED) is 0.620. The number of nitrogens with zero attached hydrogens (tertiary/aromatic N) is 2. The monoisotopic (exact) mass is 393 g/mol. The molecule has 0 bridgehead atoms. The molecular formula is C22H23N3O4. The Morgan fingerprint density at radius 3 is 2.90 bits per heavy atom. The van der Waals surface area contributed by atoms with Crippen molar-refractivity contribution in [2.75, 3.05) is 18.7 Å². The highest BCUT2D eigenvalue weighted by Crippen LogP contribution is 2.34. The summed E-state index contributed by atoms with van der Waals surface area (Å²) in [6.07, 6.45) is 4.01. The van der Waals surface area contributed by atoms with Crippen LogP contribution in [0.2, 0.25) is 0 Å². The molecule has 0 saturated carbocycles. The van der Waals surface area contributed by atoms with Crippen molar-refractivity contribution in [1.29, 1.82) is 5.26 Å². The number of nitriles is 1. The van der Waals surface area contributed by atoms with E-state index in [9.17, 15) is 10.1 Å². The number of nitrogens with one attached hydrogen (secondary N) is 1. The van der Waals surface area contributed by atoms with Crippen molar-refractivity contribution in [3.8, 4) is 17.6 Å². The molecule has 1 aromatic heterocycles. The van der Waals surface area contributed by atoms with Crippen LogP contribution < -0.4 is 14.8 Å². The first kappa shape index (κ1) is 19.1. The number of rotatable bonds is 5. The molecule has 150 valence electrons. The fraction of sp³-hybridized carbons (Fsp3) is 0.364. The SMILES string of the molecule is Cc1cc(/C=C(\C#N)C(=O)Nc2ccc3c(c2)OCO3)c(C)n1C[C@@H]1CCCO1. The van der Waals surface area contributed by atoms with Gasteiger partial charge in [-0.3, -0.25) is 4.79 Å². The van der Waals surface area contributed by atoms with E-state index in [2.05, 4.69) is 9.88 Å². The van der Waals surface area contributed by atoms with Gasteiger partial charge in [0, 0.05) is 36.3 Å². The number of hydrogen-bond donors (Lipinski definition) is 1. The summed E-state index contributed by atoms with van der Waals surface area (Å²) in [7, 11) is 0. The Hall–Kier alpha value is -3.24. The maximum absolute atomic E-state index is 12.6. The van der Waals surface area contributed by atoms with Crippen LogP contribution in [0.4, 0.5) is 5.69 Å². The predicted molar refractivity (Wildman–Crippen MR) is 108 cm³/mol. The minimum Gasteiger partial charge on any atom is -0.454 e. The molecule has 2 aromatic rings. The van der Waals surface area contributed by atoms with Crippen molar-refractivity contribution >= 4 is 17.7 Å². The molecule has 1 amide bonds. The van der Waals surface area contributed by atoms with Gasteiger partial charge in [-0.1, -0.05) is 0 Å². The number of anilines is 1. The van der Waals surface area contributed by atoms with Gasteiger partial charge < -0.3 is 24.1 Å². The lowest BCUT2D eigenvalue weighted by atomic mass is 10.1. The van der Waals surface area contributed by atoms with Gasteiger partial charge in [0.2, 0.25) is 6.79 Å². The zero-order valence-electron chi connectivity index (χ0n) is 16.5. The number of fused-ring (bicyclic) bond motifs is 1.